The summed E-state index contributed by atoms with van der Waals surface area (Å²) in [6, 6.07) is 11.2. The first kappa shape index (κ1) is 16.2. The zero-order chi connectivity index (χ0) is 17.9. The first-order valence-electron chi connectivity index (χ1n) is 8.34. The van der Waals surface area contributed by atoms with Crippen molar-refractivity contribution in [3.05, 3.63) is 42.6 Å². The Balaban J connectivity index is 1.58. The highest BCUT2D eigenvalue weighted by Gasteiger charge is 2.15. The van der Waals surface area contributed by atoms with Crippen LogP contribution in [0.2, 0.25) is 0 Å². The lowest BCUT2D eigenvalue weighted by Crippen LogP contribution is -2.36. The summed E-state index contributed by atoms with van der Waals surface area (Å²) in [6.07, 6.45) is 1.68. The second-order valence-electron chi connectivity index (χ2n) is 5.89. The molecular formula is C17H20N8O. The van der Waals surface area contributed by atoms with Crippen molar-refractivity contribution in [3.8, 4) is 5.82 Å². The van der Waals surface area contributed by atoms with E-state index >= 15 is 0 Å². The van der Waals surface area contributed by atoms with Crippen molar-refractivity contribution in [2.45, 2.75) is 0 Å². The van der Waals surface area contributed by atoms with Crippen LogP contribution in [0.1, 0.15) is 0 Å². The van der Waals surface area contributed by atoms with E-state index in [-0.39, 0.29) is 5.95 Å². The van der Waals surface area contributed by atoms with E-state index in [0.29, 0.717) is 25.0 Å². The number of hydrogen-bond donors (Lipinski definition) is 3. The molecule has 1 aliphatic rings. The Kier molecular flexibility index (Phi) is 4.28. The molecule has 0 aliphatic carbocycles. The van der Waals surface area contributed by atoms with Gasteiger partial charge in [-0.3, -0.25) is 0 Å². The van der Waals surface area contributed by atoms with Crippen LogP contribution in [0.4, 0.5) is 29.0 Å². The number of ether oxygens (including phenoxy) is 1. The number of hydrogen-bond acceptors (Lipinski definition) is 8. The molecule has 0 unspecified atom stereocenters. The van der Waals surface area contributed by atoms with Crippen molar-refractivity contribution in [3.63, 3.8) is 0 Å². The Morgan fingerprint density at radius 1 is 1.08 bits per heavy atom. The van der Waals surface area contributed by atoms with Crippen LogP contribution in [0.15, 0.2) is 42.6 Å². The van der Waals surface area contributed by atoms with Gasteiger partial charge in [-0.15, -0.1) is 5.10 Å². The smallest absolute Gasteiger partial charge is 0.248 e. The van der Waals surface area contributed by atoms with E-state index < -0.39 is 0 Å². The summed E-state index contributed by atoms with van der Waals surface area (Å²) in [5.41, 5.74) is 14.6. The monoisotopic (exact) mass is 352 g/mol. The van der Waals surface area contributed by atoms with Crippen LogP contribution >= 0.6 is 0 Å². The van der Waals surface area contributed by atoms with E-state index in [1.54, 1.807) is 6.20 Å². The van der Waals surface area contributed by atoms with Gasteiger partial charge in [0.15, 0.2) is 5.82 Å². The Morgan fingerprint density at radius 3 is 2.69 bits per heavy atom. The average Bonchev–Trinajstić information content (AvgIpc) is 3.05. The van der Waals surface area contributed by atoms with Crippen molar-refractivity contribution in [1.82, 2.24) is 19.7 Å². The normalized spacial score (nSPS) is 14.4. The Morgan fingerprint density at radius 2 is 1.92 bits per heavy atom. The molecule has 0 spiro atoms. The second kappa shape index (κ2) is 6.89. The number of rotatable bonds is 4. The van der Waals surface area contributed by atoms with E-state index in [0.717, 1.165) is 30.2 Å². The van der Waals surface area contributed by atoms with Crippen LogP contribution in [-0.2, 0) is 4.74 Å². The van der Waals surface area contributed by atoms with Gasteiger partial charge in [-0.2, -0.15) is 9.67 Å². The second-order valence-corrected chi connectivity index (χ2v) is 5.89. The van der Waals surface area contributed by atoms with Gasteiger partial charge in [-0.1, -0.05) is 6.07 Å². The van der Waals surface area contributed by atoms with Crippen LogP contribution < -0.4 is 21.7 Å². The van der Waals surface area contributed by atoms with Gasteiger partial charge in [0, 0.05) is 25.0 Å². The Hall–Kier alpha value is -3.33. The van der Waals surface area contributed by atoms with Gasteiger partial charge in [0.2, 0.25) is 11.9 Å². The van der Waals surface area contributed by atoms with Crippen molar-refractivity contribution >= 4 is 29.0 Å². The van der Waals surface area contributed by atoms with E-state index in [9.17, 15) is 0 Å². The van der Waals surface area contributed by atoms with Crippen LogP contribution in [-0.4, -0.2) is 46.1 Å². The quantitative estimate of drug-likeness (QED) is 0.603. The number of pyridine rings is 1. The predicted octanol–water partition coefficient (Wildman–Crippen LogP) is 1.41. The third-order valence-corrected chi connectivity index (χ3v) is 4.14. The van der Waals surface area contributed by atoms with Gasteiger partial charge >= 0.3 is 0 Å². The molecule has 1 aliphatic heterocycles. The lowest BCUT2D eigenvalue weighted by atomic mass is 10.2. The number of nitrogen functional groups attached to an aromatic ring is 2. The lowest BCUT2D eigenvalue weighted by Gasteiger charge is -2.30. The minimum absolute atomic E-state index is 0.259. The predicted molar refractivity (Wildman–Crippen MR) is 101 cm³/mol. The minimum Gasteiger partial charge on any atom is -0.397 e. The van der Waals surface area contributed by atoms with Crippen LogP contribution in [0.25, 0.3) is 5.82 Å². The molecule has 3 aromatic rings. The van der Waals surface area contributed by atoms with E-state index in [1.807, 2.05) is 36.4 Å². The van der Waals surface area contributed by atoms with Crippen molar-refractivity contribution in [2.24, 2.45) is 0 Å². The number of morpholine rings is 1. The molecule has 2 aromatic heterocycles. The maximum absolute atomic E-state index is 6.14. The highest BCUT2D eigenvalue weighted by molar-refractivity contribution is 5.74. The molecule has 26 heavy (non-hydrogen) atoms. The Labute approximate surface area is 150 Å². The van der Waals surface area contributed by atoms with Crippen molar-refractivity contribution < 1.29 is 4.74 Å². The van der Waals surface area contributed by atoms with Crippen molar-refractivity contribution in [1.29, 1.82) is 0 Å². The summed E-state index contributed by atoms with van der Waals surface area (Å²) >= 11 is 0. The number of nitrogens with two attached hydrogens (primary N) is 2. The molecule has 0 bridgehead atoms. The average molecular weight is 352 g/mol. The molecule has 5 N–H and O–H groups in total. The largest absolute Gasteiger partial charge is 0.397 e. The lowest BCUT2D eigenvalue weighted by molar-refractivity contribution is 0.123. The maximum Gasteiger partial charge on any atom is 0.248 e. The number of nitrogens with one attached hydrogen (secondary N) is 1. The third kappa shape index (κ3) is 3.24. The van der Waals surface area contributed by atoms with Gasteiger partial charge in [0.05, 0.1) is 24.6 Å². The molecule has 9 nitrogen and oxygen atoms in total. The molecule has 0 amide bonds. The van der Waals surface area contributed by atoms with E-state index in [1.165, 1.54) is 4.68 Å². The van der Waals surface area contributed by atoms with Gasteiger partial charge < -0.3 is 26.4 Å². The third-order valence-electron chi connectivity index (χ3n) is 4.14. The number of benzene rings is 1. The standard InChI is InChI=1S/C17H20N8O/c18-13-5-4-12(11-14(13)24-7-9-26-10-8-24)21-17-22-16(19)25(23-17)15-3-1-2-6-20-15/h1-6,11H,7-10,18H2,(H3,19,21,22,23). The summed E-state index contributed by atoms with van der Waals surface area (Å²) in [5.74, 6) is 1.26. The Bertz CT molecular complexity index is 889. The summed E-state index contributed by atoms with van der Waals surface area (Å²) < 4.78 is 6.89. The fraction of sp³-hybridized carbons (Fsp3) is 0.235. The zero-order valence-electron chi connectivity index (χ0n) is 14.2. The molecule has 0 radical (unpaired) electrons. The molecule has 1 saturated heterocycles. The molecule has 0 saturated carbocycles. The fourth-order valence-corrected chi connectivity index (χ4v) is 2.85. The SMILES string of the molecule is Nc1ccc(Nc2nc(N)n(-c3ccccn3)n2)cc1N1CCOCC1. The van der Waals surface area contributed by atoms with Gasteiger partial charge in [-0.05, 0) is 30.3 Å². The molecule has 9 heteroatoms. The van der Waals surface area contributed by atoms with Crippen LogP contribution in [0.5, 0.6) is 0 Å². The fourth-order valence-electron chi connectivity index (χ4n) is 2.85. The molecule has 1 aromatic carbocycles. The molecule has 0 atom stereocenters. The van der Waals surface area contributed by atoms with Crippen LogP contribution in [0.3, 0.4) is 0 Å². The zero-order valence-corrected chi connectivity index (χ0v) is 14.2. The van der Waals surface area contributed by atoms with Gasteiger partial charge in [-0.25, -0.2) is 4.98 Å². The maximum atomic E-state index is 6.14. The summed E-state index contributed by atoms with van der Waals surface area (Å²) in [6.45, 7) is 3.02. The van der Waals surface area contributed by atoms with Crippen molar-refractivity contribution in [2.75, 3.05) is 48.0 Å². The molecular weight excluding hydrogens is 332 g/mol. The summed E-state index contributed by atoms with van der Waals surface area (Å²) in [4.78, 5) is 10.7. The van der Waals surface area contributed by atoms with Gasteiger partial charge in [0.1, 0.15) is 0 Å². The number of aromatic nitrogens is 4. The molecule has 3 heterocycles. The number of anilines is 5. The molecule has 134 valence electrons. The summed E-state index contributed by atoms with van der Waals surface area (Å²) in [7, 11) is 0. The van der Waals surface area contributed by atoms with E-state index in [4.69, 9.17) is 16.2 Å². The summed E-state index contributed by atoms with van der Waals surface area (Å²) in [5, 5.41) is 7.56. The minimum atomic E-state index is 0.259. The molecule has 4 rings (SSSR count). The van der Waals surface area contributed by atoms with Crippen LogP contribution in [0, 0.1) is 0 Å². The highest BCUT2D eigenvalue weighted by Crippen LogP contribution is 2.29. The molecule has 1 fully saturated rings. The van der Waals surface area contributed by atoms with Gasteiger partial charge in [0.25, 0.3) is 0 Å². The van der Waals surface area contributed by atoms with E-state index in [2.05, 4.69) is 25.3 Å². The first-order chi connectivity index (χ1) is 12.7. The highest BCUT2D eigenvalue weighted by atomic mass is 16.5. The first-order valence-corrected chi connectivity index (χ1v) is 8.34. The number of nitrogens with zero attached hydrogens (tertiary/aromatic N) is 5. The topological polar surface area (TPSA) is 120 Å².